The third kappa shape index (κ3) is 3.15. The Bertz CT molecular complexity index is 747. The molecule has 5 heteroatoms. The van der Waals surface area contributed by atoms with Gasteiger partial charge in [-0.05, 0) is 25.7 Å². The molecule has 2 aliphatic rings. The van der Waals surface area contributed by atoms with Crippen molar-refractivity contribution in [2.24, 2.45) is 7.05 Å². The first-order valence-corrected chi connectivity index (χ1v) is 9.38. The Morgan fingerprint density at radius 2 is 1.60 bits per heavy atom. The number of hydrogen-bond donors (Lipinski definition) is 0. The highest BCUT2D eigenvalue weighted by molar-refractivity contribution is 5.75. The van der Waals surface area contributed by atoms with Gasteiger partial charge in [0.15, 0.2) is 0 Å². The smallest absolute Gasteiger partial charge is 0.320 e. The highest BCUT2D eigenvalue weighted by Gasteiger charge is 2.27. The van der Waals surface area contributed by atoms with Crippen LogP contribution in [0.15, 0.2) is 30.3 Å². The lowest BCUT2D eigenvalue weighted by Crippen LogP contribution is -2.46. The second-order valence-electron chi connectivity index (χ2n) is 7.08. The molecule has 132 valence electrons. The van der Waals surface area contributed by atoms with Crippen LogP contribution in [0.4, 0.5) is 4.79 Å². The molecule has 0 radical (unpaired) electrons. The third-order valence-electron chi connectivity index (χ3n) is 5.47. The Morgan fingerprint density at radius 1 is 0.920 bits per heavy atom. The maximum atomic E-state index is 12.8. The molecule has 1 aromatic heterocycles. The van der Waals surface area contributed by atoms with Gasteiger partial charge in [-0.1, -0.05) is 30.3 Å². The molecular formula is C20H26N4O. The van der Waals surface area contributed by atoms with Crippen LogP contribution >= 0.6 is 0 Å². The number of fused-ring (bicyclic) bond motifs is 1. The summed E-state index contributed by atoms with van der Waals surface area (Å²) in [6.07, 6.45) is 5.29. The van der Waals surface area contributed by atoms with Crippen LogP contribution in [0.5, 0.6) is 0 Å². The van der Waals surface area contributed by atoms with Crippen LogP contribution in [0.2, 0.25) is 0 Å². The van der Waals surface area contributed by atoms with E-state index in [9.17, 15) is 4.79 Å². The fourth-order valence-corrected chi connectivity index (χ4v) is 4.08. The number of amides is 2. The largest absolute Gasteiger partial charge is 0.325 e. The fraction of sp³-hybridized carbons (Fsp3) is 0.500. The molecule has 1 saturated heterocycles. The number of rotatable bonds is 1. The van der Waals surface area contributed by atoms with Crippen molar-refractivity contribution in [3.63, 3.8) is 0 Å². The number of carbonyl (C=O) groups excluding carboxylic acids is 1. The first kappa shape index (κ1) is 16.2. The van der Waals surface area contributed by atoms with E-state index < -0.39 is 0 Å². The molecule has 2 amide bonds. The minimum atomic E-state index is 0.224. The quantitative estimate of drug-likeness (QED) is 0.802. The highest BCUT2D eigenvalue weighted by atomic mass is 16.2. The summed E-state index contributed by atoms with van der Waals surface area (Å²) >= 11 is 0. The van der Waals surface area contributed by atoms with Gasteiger partial charge in [0.25, 0.3) is 0 Å². The van der Waals surface area contributed by atoms with E-state index in [4.69, 9.17) is 5.10 Å². The molecular weight excluding hydrogens is 312 g/mol. The highest BCUT2D eigenvalue weighted by Crippen LogP contribution is 2.28. The Balaban J connectivity index is 1.55. The van der Waals surface area contributed by atoms with Gasteiger partial charge in [-0.15, -0.1) is 0 Å². The van der Waals surface area contributed by atoms with Gasteiger partial charge in [0, 0.05) is 56.5 Å². The van der Waals surface area contributed by atoms with Crippen molar-refractivity contribution < 1.29 is 4.79 Å². The lowest BCUT2D eigenvalue weighted by Gasteiger charge is -2.32. The maximum absolute atomic E-state index is 12.8. The molecule has 0 unspecified atom stereocenters. The Morgan fingerprint density at radius 3 is 2.36 bits per heavy atom. The minimum absolute atomic E-state index is 0.224. The van der Waals surface area contributed by atoms with Gasteiger partial charge < -0.3 is 9.80 Å². The molecule has 4 rings (SSSR count). The number of piperidine rings is 1. The van der Waals surface area contributed by atoms with Crippen LogP contribution < -0.4 is 0 Å². The number of hydrogen-bond acceptors (Lipinski definition) is 2. The van der Waals surface area contributed by atoms with Gasteiger partial charge in [-0.2, -0.15) is 5.10 Å². The average Bonchev–Trinajstić information content (AvgIpc) is 2.84. The van der Waals surface area contributed by atoms with E-state index in [1.807, 2.05) is 27.6 Å². The van der Waals surface area contributed by atoms with E-state index in [0.717, 1.165) is 63.1 Å². The predicted molar refractivity (Wildman–Crippen MR) is 98.4 cm³/mol. The van der Waals surface area contributed by atoms with Gasteiger partial charge in [0.2, 0.25) is 0 Å². The van der Waals surface area contributed by atoms with Crippen molar-refractivity contribution in [1.82, 2.24) is 19.6 Å². The first-order chi connectivity index (χ1) is 12.2. The zero-order valence-electron chi connectivity index (χ0n) is 14.9. The minimum Gasteiger partial charge on any atom is -0.325 e. The summed E-state index contributed by atoms with van der Waals surface area (Å²) in [6, 6.07) is 10.6. The van der Waals surface area contributed by atoms with Gasteiger partial charge in [-0.25, -0.2) is 4.79 Å². The molecule has 5 nitrogen and oxygen atoms in total. The lowest BCUT2D eigenvalue weighted by molar-refractivity contribution is 0.145. The molecule has 25 heavy (non-hydrogen) atoms. The van der Waals surface area contributed by atoms with Crippen molar-refractivity contribution in [3.8, 4) is 11.3 Å². The van der Waals surface area contributed by atoms with E-state index in [-0.39, 0.29) is 6.03 Å². The SMILES string of the molecule is Cn1nc(-c2ccccc2)c2c1CCN(C(=O)N1CCCCC1)CC2. The third-order valence-corrected chi connectivity index (χ3v) is 5.47. The normalized spacial score (nSPS) is 18.0. The average molecular weight is 338 g/mol. The van der Waals surface area contributed by atoms with Crippen LogP contribution in [-0.2, 0) is 19.9 Å². The Kier molecular flexibility index (Phi) is 4.47. The summed E-state index contributed by atoms with van der Waals surface area (Å²) in [5.41, 5.74) is 4.82. The molecule has 0 aliphatic carbocycles. The van der Waals surface area contributed by atoms with Crippen LogP contribution in [0.1, 0.15) is 30.5 Å². The molecule has 0 N–H and O–H groups in total. The zero-order valence-corrected chi connectivity index (χ0v) is 14.9. The van der Waals surface area contributed by atoms with Crippen molar-refractivity contribution >= 4 is 6.03 Å². The second-order valence-corrected chi connectivity index (χ2v) is 7.08. The molecule has 2 aromatic rings. The molecule has 1 fully saturated rings. The Hall–Kier alpha value is -2.30. The topological polar surface area (TPSA) is 41.4 Å². The standard InChI is InChI=1S/C20H26N4O/c1-22-18-11-15-24(20(25)23-12-6-3-7-13-23)14-10-17(18)19(21-22)16-8-4-2-5-9-16/h2,4-5,8-9H,3,6-7,10-15H2,1H3. The lowest BCUT2D eigenvalue weighted by atomic mass is 10.0. The maximum Gasteiger partial charge on any atom is 0.320 e. The van der Waals surface area contributed by atoms with E-state index >= 15 is 0 Å². The fourth-order valence-electron chi connectivity index (χ4n) is 4.08. The number of aromatic nitrogens is 2. The van der Waals surface area contributed by atoms with Gasteiger partial charge >= 0.3 is 6.03 Å². The number of benzene rings is 1. The van der Waals surface area contributed by atoms with Crippen LogP contribution in [-0.4, -0.2) is 51.8 Å². The number of aryl methyl sites for hydroxylation is 1. The molecule has 0 spiro atoms. The summed E-state index contributed by atoms with van der Waals surface area (Å²) in [4.78, 5) is 16.9. The van der Waals surface area contributed by atoms with Crippen molar-refractivity contribution in [2.45, 2.75) is 32.1 Å². The van der Waals surface area contributed by atoms with Crippen LogP contribution in [0.25, 0.3) is 11.3 Å². The molecule has 1 aromatic carbocycles. The molecule has 0 bridgehead atoms. The summed E-state index contributed by atoms with van der Waals surface area (Å²) in [5, 5.41) is 4.77. The summed E-state index contributed by atoms with van der Waals surface area (Å²) in [5.74, 6) is 0. The van der Waals surface area contributed by atoms with Gasteiger partial charge in [0.1, 0.15) is 0 Å². The number of carbonyl (C=O) groups is 1. The molecule has 0 atom stereocenters. The Labute approximate surface area is 149 Å². The monoisotopic (exact) mass is 338 g/mol. The summed E-state index contributed by atoms with van der Waals surface area (Å²) < 4.78 is 2.01. The summed E-state index contributed by atoms with van der Waals surface area (Å²) in [7, 11) is 2.02. The molecule has 2 aliphatic heterocycles. The molecule has 0 saturated carbocycles. The van der Waals surface area contributed by atoms with E-state index in [1.54, 1.807) is 0 Å². The number of likely N-dealkylation sites (tertiary alicyclic amines) is 1. The zero-order chi connectivity index (χ0) is 17.2. The van der Waals surface area contributed by atoms with Crippen LogP contribution in [0.3, 0.4) is 0 Å². The summed E-state index contributed by atoms with van der Waals surface area (Å²) in [6.45, 7) is 3.40. The number of urea groups is 1. The van der Waals surface area contributed by atoms with Crippen molar-refractivity contribution in [3.05, 3.63) is 41.6 Å². The van der Waals surface area contributed by atoms with Crippen molar-refractivity contribution in [1.29, 1.82) is 0 Å². The van der Waals surface area contributed by atoms with E-state index in [2.05, 4.69) is 24.3 Å². The van der Waals surface area contributed by atoms with Gasteiger partial charge in [0.05, 0.1) is 5.69 Å². The second kappa shape index (κ2) is 6.90. The van der Waals surface area contributed by atoms with Gasteiger partial charge in [-0.3, -0.25) is 4.68 Å². The predicted octanol–water partition coefficient (Wildman–Crippen LogP) is 3.09. The van der Waals surface area contributed by atoms with E-state index in [0.29, 0.717) is 0 Å². The molecule has 3 heterocycles. The van der Waals surface area contributed by atoms with Crippen molar-refractivity contribution in [2.75, 3.05) is 26.2 Å². The van der Waals surface area contributed by atoms with E-state index in [1.165, 1.54) is 17.7 Å². The van der Waals surface area contributed by atoms with Crippen LogP contribution in [0, 0.1) is 0 Å². The number of nitrogens with zero attached hydrogens (tertiary/aromatic N) is 4. The first-order valence-electron chi connectivity index (χ1n) is 9.38.